The summed E-state index contributed by atoms with van der Waals surface area (Å²) in [6.07, 6.45) is 3.62. The summed E-state index contributed by atoms with van der Waals surface area (Å²) in [5, 5.41) is 4.11. The Balaban J connectivity index is 1.86. The smallest absolute Gasteiger partial charge is 0.215 e. The van der Waals surface area contributed by atoms with Crippen LogP contribution in [0.2, 0.25) is 0 Å². The lowest BCUT2D eigenvalue weighted by Crippen LogP contribution is -2.28. The molecule has 0 saturated heterocycles. The second kappa shape index (κ2) is 6.84. The fourth-order valence-corrected chi connectivity index (χ4v) is 3.08. The zero-order chi connectivity index (χ0) is 15.3. The predicted octanol–water partition coefficient (Wildman–Crippen LogP) is 0.770. The van der Waals surface area contributed by atoms with Crippen LogP contribution in [-0.2, 0) is 28.9 Å². The third-order valence-corrected chi connectivity index (χ3v) is 4.40. The highest BCUT2D eigenvalue weighted by Gasteiger charge is 2.11. The van der Waals surface area contributed by atoms with Crippen LogP contribution < -0.4 is 10.5 Å². The van der Waals surface area contributed by atoms with Gasteiger partial charge >= 0.3 is 0 Å². The van der Waals surface area contributed by atoms with Crippen LogP contribution in [-0.4, -0.2) is 24.7 Å². The molecule has 0 radical (unpaired) electrons. The molecule has 21 heavy (non-hydrogen) atoms. The SMILES string of the molecule is Cc1cnn(CCNS(=O)(=O)Cc2ccc(CN)cc2)c1. The molecular formula is C14H20N4O2S. The van der Waals surface area contributed by atoms with Crippen molar-refractivity contribution in [3.63, 3.8) is 0 Å². The molecule has 114 valence electrons. The molecular weight excluding hydrogens is 288 g/mol. The minimum atomic E-state index is -3.34. The normalized spacial score (nSPS) is 11.7. The number of sulfonamides is 1. The van der Waals surface area contributed by atoms with Crippen molar-refractivity contribution in [2.45, 2.75) is 25.8 Å². The summed E-state index contributed by atoms with van der Waals surface area (Å²) >= 11 is 0. The Bertz CT molecular complexity index is 677. The largest absolute Gasteiger partial charge is 0.326 e. The molecule has 0 saturated carbocycles. The van der Waals surface area contributed by atoms with Gasteiger partial charge in [-0.15, -0.1) is 0 Å². The molecule has 3 N–H and O–H groups in total. The van der Waals surface area contributed by atoms with Gasteiger partial charge in [-0.25, -0.2) is 13.1 Å². The molecule has 0 atom stereocenters. The van der Waals surface area contributed by atoms with Crippen molar-refractivity contribution in [3.05, 3.63) is 53.3 Å². The van der Waals surface area contributed by atoms with Gasteiger partial charge in [0.25, 0.3) is 0 Å². The number of nitrogens with zero attached hydrogens (tertiary/aromatic N) is 2. The van der Waals surface area contributed by atoms with Gasteiger partial charge in [0.2, 0.25) is 10.0 Å². The second-order valence-electron chi connectivity index (χ2n) is 4.95. The van der Waals surface area contributed by atoms with Crippen molar-refractivity contribution in [2.75, 3.05) is 6.54 Å². The summed E-state index contributed by atoms with van der Waals surface area (Å²) < 4.78 is 28.3. The van der Waals surface area contributed by atoms with Crippen LogP contribution >= 0.6 is 0 Å². The number of hydrogen-bond acceptors (Lipinski definition) is 4. The fraction of sp³-hybridized carbons (Fsp3) is 0.357. The molecule has 0 aliphatic rings. The Kier molecular flexibility index (Phi) is 5.11. The van der Waals surface area contributed by atoms with Gasteiger partial charge in [-0.1, -0.05) is 24.3 Å². The van der Waals surface area contributed by atoms with E-state index in [0.29, 0.717) is 19.6 Å². The Labute approximate surface area is 125 Å². The summed E-state index contributed by atoms with van der Waals surface area (Å²) in [7, 11) is -3.34. The fourth-order valence-electron chi connectivity index (χ4n) is 1.95. The summed E-state index contributed by atoms with van der Waals surface area (Å²) in [6.45, 7) is 3.23. The predicted molar refractivity (Wildman–Crippen MR) is 81.9 cm³/mol. The molecule has 0 aliphatic carbocycles. The van der Waals surface area contributed by atoms with Crippen molar-refractivity contribution in [1.82, 2.24) is 14.5 Å². The molecule has 0 unspecified atom stereocenters. The maximum absolute atomic E-state index is 12.0. The van der Waals surface area contributed by atoms with Gasteiger partial charge in [0.1, 0.15) is 0 Å². The van der Waals surface area contributed by atoms with Crippen LogP contribution in [0.5, 0.6) is 0 Å². The van der Waals surface area contributed by atoms with Gasteiger partial charge in [-0.05, 0) is 23.6 Å². The van der Waals surface area contributed by atoms with E-state index in [0.717, 1.165) is 16.7 Å². The van der Waals surface area contributed by atoms with Gasteiger partial charge in [0.15, 0.2) is 0 Å². The molecule has 7 heteroatoms. The van der Waals surface area contributed by atoms with Gasteiger partial charge < -0.3 is 5.73 Å². The molecule has 0 bridgehead atoms. The molecule has 0 spiro atoms. The molecule has 1 aromatic heterocycles. The number of rotatable bonds is 7. The summed E-state index contributed by atoms with van der Waals surface area (Å²) in [5.41, 5.74) is 8.29. The first-order chi connectivity index (χ1) is 9.98. The van der Waals surface area contributed by atoms with Crippen molar-refractivity contribution < 1.29 is 8.42 Å². The summed E-state index contributed by atoms with van der Waals surface area (Å²) in [5.74, 6) is -0.0318. The van der Waals surface area contributed by atoms with Gasteiger partial charge in [0, 0.05) is 19.3 Å². The molecule has 0 aliphatic heterocycles. The zero-order valence-corrected chi connectivity index (χ0v) is 12.8. The molecule has 0 amide bonds. The molecule has 2 aromatic rings. The highest BCUT2D eigenvalue weighted by molar-refractivity contribution is 7.88. The average Bonchev–Trinajstić information content (AvgIpc) is 2.84. The van der Waals surface area contributed by atoms with Crippen molar-refractivity contribution in [2.24, 2.45) is 5.73 Å². The third kappa shape index (κ3) is 4.96. The Morgan fingerprint density at radius 2 is 1.90 bits per heavy atom. The van der Waals surface area contributed by atoms with Gasteiger partial charge in [0.05, 0.1) is 18.5 Å². The van der Waals surface area contributed by atoms with Crippen LogP contribution in [0, 0.1) is 6.92 Å². The van der Waals surface area contributed by atoms with E-state index in [1.54, 1.807) is 23.0 Å². The lowest BCUT2D eigenvalue weighted by atomic mass is 10.1. The Morgan fingerprint density at radius 3 is 2.48 bits per heavy atom. The number of nitrogens with one attached hydrogen (secondary N) is 1. The maximum Gasteiger partial charge on any atom is 0.215 e. The first-order valence-corrected chi connectivity index (χ1v) is 8.38. The molecule has 1 aromatic carbocycles. The first-order valence-electron chi connectivity index (χ1n) is 6.73. The number of benzene rings is 1. The van der Waals surface area contributed by atoms with E-state index in [4.69, 9.17) is 5.73 Å². The maximum atomic E-state index is 12.0. The first kappa shape index (κ1) is 15.7. The number of hydrogen-bond donors (Lipinski definition) is 2. The van der Waals surface area contributed by atoms with E-state index in [2.05, 4.69) is 9.82 Å². The van der Waals surface area contributed by atoms with Crippen LogP contribution in [0.3, 0.4) is 0 Å². The molecule has 1 heterocycles. The third-order valence-electron chi connectivity index (χ3n) is 3.04. The quantitative estimate of drug-likeness (QED) is 0.790. The highest BCUT2D eigenvalue weighted by atomic mass is 32.2. The van der Waals surface area contributed by atoms with Gasteiger partial charge in [-0.3, -0.25) is 4.68 Å². The van der Waals surface area contributed by atoms with E-state index < -0.39 is 10.0 Å². The molecule has 2 rings (SSSR count). The second-order valence-corrected chi connectivity index (χ2v) is 6.76. The highest BCUT2D eigenvalue weighted by Crippen LogP contribution is 2.07. The number of aryl methyl sites for hydroxylation is 1. The van der Waals surface area contributed by atoms with E-state index in [1.807, 2.05) is 25.3 Å². The number of nitrogens with two attached hydrogens (primary N) is 1. The molecule has 6 nitrogen and oxygen atoms in total. The average molecular weight is 308 g/mol. The van der Waals surface area contributed by atoms with Crippen LogP contribution in [0.25, 0.3) is 0 Å². The molecule has 0 fully saturated rings. The lowest BCUT2D eigenvalue weighted by molar-refractivity contribution is 0.560. The van der Waals surface area contributed by atoms with E-state index in [-0.39, 0.29) is 5.75 Å². The standard InChI is InChI=1S/C14H20N4O2S/c1-12-9-16-18(10-12)7-6-17-21(19,20)11-14-4-2-13(8-15)3-5-14/h2-5,9-10,17H,6-8,11,15H2,1H3. The number of aromatic nitrogens is 2. The minimum Gasteiger partial charge on any atom is -0.326 e. The summed E-state index contributed by atoms with van der Waals surface area (Å²) in [6, 6.07) is 7.27. The van der Waals surface area contributed by atoms with E-state index in [9.17, 15) is 8.42 Å². The van der Waals surface area contributed by atoms with E-state index >= 15 is 0 Å². The minimum absolute atomic E-state index is 0.0318. The van der Waals surface area contributed by atoms with Crippen LogP contribution in [0.15, 0.2) is 36.7 Å². The lowest BCUT2D eigenvalue weighted by Gasteiger charge is -2.07. The van der Waals surface area contributed by atoms with Gasteiger partial charge in [-0.2, -0.15) is 5.10 Å². The van der Waals surface area contributed by atoms with Crippen molar-refractivity contribution in [3.8, 4) is 0 Å². The Morgan fingerprint density at radius 1 is 1.24 bits per heavy atom. The van der Waals surface area contributed by atoms with Crippen LogP contribution in [0.1, 0.15) is 16.7 Å². The summed E-state index contributed by atoms with van der Waals surface area (Å²) in [4.78, 5) is 0. The monoisotopic (exact) mass is 308 g/mol. The topological polar surface area (TPSA) is 90.0 Å². The Hall–Kier alpha value is -1.70. The van der Waals surface area contributed by atoms with E-state index in [1.165, 1.54) is 0 Å². The van der Waals surface area contributed by atoms with Crippen molar-refractivity contribution in [1.29, 1.82) is 0 Å². The zero-order valence-electron chi connectivity index (χ0n) is 12.0. The van der Waals surface area contributed by atoms with Crippen molar-refractivity contribution >= 4 is 10.0 Å². The van der Waals surface area contributed by atoms with Crippen LogP contribution in [0.4, 0.5) is 0 Å².